The van der Waals surface area contributed by atoms with Crippen LogP contribution in [0.3, 0.4) is 0 Å². The molecule has 19 heteroatoms. The summed E-state index contributed by atoms with van der Waals surface area (Å²) in [4.78, 5) is 13.3. The van der Waals surface area contributed by atoms with E-state index in [1.54, 1.807) is 0 Å². The van der Waals surface area contributed by atoms with Crippen LogP contribution < -0.4 is 5.32 Å². The minimum Gasteiger partial charge on any atom is -0.394 e. The molecule has 17 unspecified atom stereocenters. The maximum atomic E-state index is 13.3. The Balaban J connectivity index is 1.32. The fraction of sp³-hybridized carbons (Fsp3) is 0.825. The van der Waals surface area contributed by atoms with Crippen molar-refractivity contribution < 1.29 is 89.4 Å². The normalized spacial score (nSPS) is 30.0. The zero-order valence-corrected chi connectivity index (χ0v) is 49.7. The molecule has 17 atom stereocenters. The molecule has 3 aliphatic rings. The van der Waals surface area contributed by atoms with Gasteiger partial charge in [0, 0.05) is 6.42 Å². The zero-order chi connectivity index (χ0) is 59.7. The summed E-state index contributed by atoms with van der Waals surface area (Å²) >= 11 is 0. The molecule has 0 aromatic rings. The second-order valence-corrected chi connectivity index (χ2v) is 22.5. The van der Waals surface area contributed by atoms with Crippen LogP contribution in [0.25, 0.3) is 0 Å². The molecule has 0 aromatic carbocycles. The molecule has 3 fully saturated rings. The number of carbonyl (C=O) groups is 1. The summed E-state index contributed by atoms with van der Waals surface area (Å²) in [6, 6.07) is -0.885. The van der Waals surface area contributed by atoms with E-state index in [9.17, 15) is 61.0 Å². The van der Waals surface area contributed by atoms with Gasteiger partial charge in [-0.05, 0) is 57.8 Å². The molecule has 0 saturated carbocycles. The van der Waals surface area contributed by atoms with Crippen molar-refractivity contribution in [2.24, 2.45) is 0 Å². The molecule has 0 aliphatic carbocycles. The monoisotopic (exact) mass is 1170 g/mol. The minimum absolute atomic E-state index is 0.251. The SMILES string of the molecule is CC/C=C\C/C=C\C/C=C\C/C=C\C/C=C\CCCCCCCCCCCCCCCCCC(=O)NC(COC1OC(CO)C(OC2OC(CO)C(OC3OC(CO)C(O)C(O)C3O)C(O)C2O)C(O)C1O)C(O)CCCCCCCC. The van der Waals surface area contributed by atoms with Crippen LogP contribution in [0.2, 0.25) is 0 Å². The summed E-state index contributed by atoms with van der Waals surface area (Å²) in [5.74, 6) is -0.251. The molecule has 3 rings (SSSR count). The first-order chi connectivity index (χ1) is 39.8. The molecule has 1 amide bonds. The first-order valence-corrected chi connectivity index (χ1v) is 31.5. The quantitative estimate of drug-likeness (QED) is 0.0231. The number of amides is 1. The van der Waals surface area contributed by atoms with Gasteiger partial charge in [0.25, 0.3) is 0 Å². The average Bonchev–Trinajstić information content (AvgIpc) is 3.60. The van der Waals surface area contributed by atoms with Crippen LogP contribution >= 0.6 is 0 Å². The Morgan fingerprint density at radius 2 is 0.841 bits per heavy atom. The maximum absolute atomic E-state index is 13.3. The Kier molecular flexibility index (Phi) is 41.2. The zero-order valence-electron chi connectivity index (χ0n) is 49.7. The molecule has 0 bridgehead atoms. The standard InChI is InChI=1S/C63H111NO18/c1-3-5-7-9-11-12-13-14-15-16-17-18-19-20-21-22-23-24-25-26-27-28-29-30-31-32-33-34-35-37-39-41-51(69)64-46(47(68)40-38-36-10-8-6-4-2)45-77-61-57(75)54(72)59(49(43-66)79-61)82-63-58(76)55(73)60(50(44-67)80-63)81-62-56(74)53(71)52(70)48(42-65)78-62/h5,7,11-12,14-15,17-18,20-21,46-50,52-63,65-68,70-76H,3-4,6,8-10,13,16,19,22-45H2,1-2H3,(H,64,69)/b7-5-,12-11-,15-14-,18-17-,21-20-. The van der Waals surface area contributed by atoms with Crippen molar-refractivity contribution in [2.75, 3.05) is 26.4 Å². The van der Waals surface area contributed by atoms with E-state index in [0.29, 0.717) is 12.8 Å². The van der Waals surface area contributed by atoms with Gasteiger partial charge in [-0.15, -0.1) is 0 Å². The van der Waals surface area contributed by atoms with Gasteiger partial charge in [-0.25, -0.2) is 0 Å². The molecule has 0 spiro atoms. The summed E-state index contributed by atoms with van der Waals surface area (Å²) in [5, 5.41) is 120. The van der Waals surface area contributed by atoms with Crippen molar-refractivity contribution >= 4 is 5.91 Å². The summed E-state index contributed by atoms with van der Waals surface area (Å²) in [5.41, 5.74) is 0. The number of hydrogen-bond acceptors (Lipinski definition) is 18. The van der Waals surface area contributed by atoms with E-state index >= 15 is 0 Å². The highest BCUT2D eigenvalue weighted by atomic mass is 16.8. The van der Waals surface area contributed by atoms with Gasteiger partial charge in [0.05, 0.1) is 38.6 Å². The van der Waals surface area contributed by atoms with E-state index in [1.165, 1.54) is 77.0 Å². The highest BCUT2D eigenvalue weighted by molar-refractivity contribution is 5.76. The van der Waals surface area contributed by atoms with Gasteiger partial charge in [0.15, 0.2) is 18.9 Å². The Bertz CT molecular complexity index is 1730. The largest absolute Gasteiger partial charge is 0.394 e. The van der Waals surface area contributed by atoms with Crippen molar-refractivity contribution in [1.29, 1.82) is 0 Å². The fourth-order valence-electron chi connectivity index (χ4n) is 10.5. The third kappa shape index (κ3) is 28.8. The lowest BCUT2D eigenvalue weighted by Crippen LogP contribution is -2.66. The van der Waals surface area contributed by atoms with Gasteiger partial charge in [0.2, 0.25) is 5.91 Å². The molecule has 82 heavy (non-hydrogen) atoms. The van der Waals surface area contributed by atoms with E-state index in [0.717, 1.165) is 89.9 Å². The van der Waals surface area contributed by atoms with Gasteiger partial charge in [-0.2, -0.15) is 0 Å². The molecule has 12 N–H and O–H groups in total. The first kappa shape index (κ1) is 73.7. The van der Waals surface area contributed by atoms with Gasteiger partial charge >= 0.3 is 0 Å². The highest BCUT2D eigenvalue weighted by Gasteiger charge is 2.53. The van der Waals surface area contributed by atoms with Gasteiger partial charge in [0.1, 0.15) is 73.2 Å². The van der Waals surface area contributed by atoms with Gasteiger partial charge in [-0.1, -0.05) is 197 Å². The van der Waals surface area contributed by atoms with Crippen LogP contribution in [-0.4, -0.2) is 193 Å². The smallest absolute Gasteiger partial charge is 0.220 e. The summed E-state index contributed by atoms with van der Waals surface area (Å²) in [6.07, 6.45) is 26.6. The van der Waals surface area contributed by atoms with E-state index in [4.69, 9.17) is 28.4 Å². The third-order valence-corrected chi connectivity index (χ3v) is 15.6. The van der Waals surface area contributed by atoms with Crippen LogP contribution in [0, 0.1) is 0 Å². The number of ether oxygens (including phenoxy) is 6. The fourth-order valence-corrected chi connectivity index (χ4v) is 10.5. The first-order valence-electron chi connectivity index (χ1n) is 31.5. The second kappa shape index (κ2) is 45.8. The summed E-state index contributed by atoms with van der Waals surface area (Å²) < 4.78 is 34.2. The van der Waals surface area contributed by atoms with Gasteiger partial charge in [-0.3, -0.25) is 4.79 Å². The van der Waals surface area contributed by atoms with E-state index < -0.39 is 124 Å². The number of aliphatic hydroxyl groups excluding tert-OH is 11. The lowest BCUT2D eigenvalue weighted by molar-refractivity contribution is -0.379. The van der Waals surface area contributed by atoms with Gasteiger partial charge < -0.3 is 89.9 Å². The number of allylic oxidation sites excluding steroid dienone is 10. The Hall–Kier alpha value is -2.51. The lowest BCUT2D eigenvalue weighted by Gasteiger charge is -2.48. The number of carbonyl (C=O) groups excluding carboxylic acids is 1. The molecule has 0 radical (unpaired) electrons. The van der Waals surface area contributed by atoms with E-state index in [2.05, 4.69) is 79.9 Å². The van der Waals surface area contributed by atoms with Crippen molar-refractivity contribution in [3.05, 3.63) is 60.8 Å². The van der Waals surface area contributed by atoms with E-state index in [1.807, 2.05) is 0 Å². The average molecular weight is 1170 g/mol. The highest BCUT2D eigenvalue weighted by Crippen LogP contribution is 2.33. The Morgan fingerprint density at radius 3 is 1.32 bits per heavy atom. The third-order valence-electron chi connectivity index (χ3n) is 15.6. The molecule has 19 nitrogen and oxygen atoms in total. The Labute approximate surface area is 490 Å². The minimum atomic E-state index is -1.97. The predicted octanol–water partition coefficient (Wildman–Crippen LogP) is 6.43. The number of rotatable bonds is 46. The van der Waals surface area contributed by atoms with Crippen molar-refractivity contribution in [3.63, 3.8) is 0 Å². The molecule has 0 aromatic heterocycles. The number of nitrogens with one attached hydrogen (secondary N) is 1. The Morgan fingerprint density at radius 1 is 0.451 bits per heavy atom. The molecular formula is C63H111NO18. The topological polar surface area (TPSA) is 307 Å². The van der Waals surface area contributed by atoms with Crippen molar-refractivity contribution in [3.8, 4) is 0 Å². The van der Waals surface area contributed by atoms with Crippen LogP contribution in [0.4, 0.5) is 0 Å². The molecule has 476 valence electrons. The molecule has 3 saturated heterocycles. The number of unbranched alkanes of at least 4 members (excludes halogenated alkanes) is 20. The lowest BCUT2D eigenvalue weighted by atomic mass is 9.96. The van der Waals surface area contributed by atoms with Crippen LogP contribution in [-0.2, 0) is 33.2 Å². The number of aliphatic hydroxyl groups is 11. The predicted molar refractivity (Wildman–Crippen MR) is 314 cm³/mol. The van der Waals surface area contributed by atoms with Crippen molar-refractivity contribution in [1.82, 2.24) is 5.32 Å². The van der Waals surface area contributed by atoms with Crippen LogP contribution in [0.1, 0.15) is 200 Å². The summed E-state index contributed by atoms with van der Waals surface area (Å²) in [7, 11) is 0. The molecule has 3 aliphatic heterocycles. The second-order valence-electron chi connectivity index (χ2n) is 22.5. The van der Waals surface area contributed by atoms with E-state index in [-0.39, 0.29) is 18.9 Å². The van der Waals surface area contributed by atoms with Crippen molar-refractivity contribution in [2.45, 2.75) is 304 Å². The number of hydrogen-bond donors (Lipinski definition) is 12. The maximum Gasteiger partial charge on any atom is 0.220 e. The summed E-state index contributed by atoms with van der Waals surface area (Å²) in [6.45, 7) is 1.58. The van der Waals surface area contributed by atoms with Crippen LogP contribution in [0.5, 0.6) is 0 Å². The van der Waals surface area contributed by atoms with Crippen LogP contribution in [0.15, 0.2) is 60.8 Å². The molecular weight excluding hydrogens is 1060 g/mol. The molecule has 3 heterocycles.